The van der Waals surface area contributed by atoms with Crippen LogP contribution < -0.4 is 10.6 Å². The third kappa shape index (κ3) is 8.90. The van der Waals surface area contributed by atoms with E-state index < -0.39 is 7.14 Å². The summed E-state index contributed by atoms with van der Waals surface area (Å²) in [7, 11) is -2.64. The van der Waals surface area contributed by atoms with E-state index in [1.165, 1.54) is 62.5 Å². The molecule has 3 fully saturated rings. The Balaban J connectivity index is 0.000000215. The van der Waals surface area contributed by atoms with Gasteiger partial charge >= 0.3 is 0 Å². The highest BCUT2D eigenvalue weighted by atomic mass is 31.2. The monoisotopic (exact) mass is 656 g/mol. The SMILES string of the molecule is C=C1[C@H](C)CC(=CCP(=O)(c2ccccc2)c2ccccc2)C[C@H]1C.CCC(C)(CC)CCC[C@H](C)C1CC[C@H]2C(=O)CCC[C@]12C. The van der Waals surface area contributed by atoms with Crippen molar-refractivity contribution in [1.29, 1.82) is 0 Å². The zero-order valence-corrected chi connectivity index (χ0v) is 31.8. The second-order valence-electron chi connectivity index (χ2n) is 16.2. The lowest BCUT2D eigenvalue weighted by atomic mass is 9.62. The fourth-order valence-electron chi connectivity index (χ4n) is 9.30. The van der Waals surface area contributed by atoms with Crippen LogP contribution in [0.2, 0.25) is 0 Å². The summed E-state index contributed by atoms with van der Waals surface area (Å²) >= 11 is 0. The maximum Gasteiger partial charge on any atom is 0.146 e. The van der Waals surface area contributed by atoms with Gasteiger partial charge in [-0.1, -0.05) is 159 Å². The molecule has 258 valence electrons. The Bertz CT molecular complexity index is 1330. The van der Waals surface area contributed by atoms with Crippen molar-refractivity contribution < 1.29 is 9.36 Å². The fraction of sp³-hybridized carbons (Fsp3) is 0.614. The largest absolute Gasteiger partial charge is 0.313 e. The van der Waals surface area contributed by atoms with E-state index >= 15 is 0 Å². The summed E-state index contributed by atoms with van der Waals surface area (Å²) in [5, 5.41) is 1.89. The van der Waals surface area contributed by atoms with Crippen molar-refractivity contribution >= 4 is 23.5 Å². The number of carbonyl (C=O) groups excluding carboxylic acids is 1. The average Bonchev–Trinajstić information content (AvgIpc) is 3.45. The van der Waals surface area contributed by atoms with Crippen molar-refractivity contribution in [2.24, 2.45) is 40.4 Å². The molecule has 2 aromatic carbocycles. The van der Waals surface area contributed by atoms with Gasteiger partial charge in [0.25, 0.3) is 0 Å². The highest BCUT2D eigenvalue weighted by Gasteiger charge is 2.52. The van der Waals surface area contributed by atoms with Crippen LogP contribution in [0, 0.1) is 40.4 Å². The molecule has 3 aliphatic carbocycles. The van der Waals surface area contributed by atoms with E-state index in [0.29, 0.717) is 40.5 Å². The van der Waals surface area contributed by atoms with Gasteiger partial charge in [0.1, 0.15) is 12.9 Å². The highest BCUT2D eigenvalue weighted by molar-refractivity contribution is 7.78. The summed E-state index contributed by atoms with van der Waals surface area (Å²) in [6.45, 7) is 20.8. The van der Waals surface area contributed by atoms with Gasteiger partial charge in [-0.2, -0.15) is 0 Å². The number of hydrogen-bond donors (Lipinski definition) is 0. The number of benzene rings is 2. The molecule has 2 aromatic rings. The van der Waals surface area contributed by atoms with Crippen LogP contribution in [0.5, 0.6) is 0 Å². The van der Waals surface area contributed by atoms with Gasteiger partial charge in [-0.25, -0.2) is 0 Å². The molecule has 2 nitrogen and oxygen atoms in total. The third-order valence-electron chi connectivity index (χ3n) is 13.2. The molecule has 0 saturated heterocycles. The van der Waals surface area contributed by atoms with Gasteiger partial charge in [-0.05, 0) is 79.4 Å². The molecule has 0 aliphatic heterocycles. The Hall–Kier alpha value is -2.18. The van der Waals surface area contributed by atoms with E-state index in [4.69, 9.17) is 0 Å². The van der Waals surface area contributed by atoms with Gasteiger partial charge in [-0.15, -0.1) is 0 Å². The van der Waals surface area contributed by atoms with Crippen molar-refractivity contribution in [3.05, 3.63) is 84.5 Å². The molecule has 6 atom stereocenters. The predicted molar refractivity (Wildman–Crippen MR) is 204 cm³/mol. The van der Waals surface area contributed by atoms with E-state index in [9.17, 15) is 9.36 Å². The molecular weight excluding hydrogens is 591 g/mol. The molecule has 0 amide bonds. The first-order valence-electron chi connectivity index (χ1n) is 19.0. The molecule has 5 rings (SSSR count). The smallest absolute Gasteiger partial charge is 0.146 e. The summed E-state index contributed by atoms with van der Waals surface area (Å²) in [6, 6.07) is 19.9. The zero-order valence-electron chi connectivity index (χ0n) is 30.9. The summed E-state index contributed by atoms with van der Waals surface area (Å²) in [5.41, 5.74) is 3.65. The molecular formula is C44H65O2P. The summed E-state index contributed by atoms with van der Waals surface area (Å²) in [4.78, 5) is 12.3. The maximum atomic E-state index is 14.0. The maximum absolute atomic E-state index is 14.0. The summed E-state index contributed by atoms with van der Waals surface area (Å²) in [6.07, 6.45) is 17.4. The second kappa shape index (κ2) is 16.5. The van der Waals surface area contributed by atoms with Gasteiger partial charge in [0, 0.05) is 29.1 Å². The lowest BCUT2D eigenvalue weighted by Gasteiger charge is -2.42. The average molecular weight is 657 g/mol. The second-order valence-corrected chi connectivity index (χ2v) is 19.1. The Morgan fingerprint density at radius 3 is 2.04 bits per heavy atom. The van der Waals surface area contributed by atoms with Crippen LogP contribution in [-0.2, 0) is 9.36 Å². The van der Waals surface area contributed by atoms with Crippen LogP contribution in [0.4, 0.5) is 0 Å². The quantitative estimate of drug-likeness (QED) is 0.178. The van der Waals surface area contributed by atoms with Crippen molar-refractivity contribution in [2.75, 3.05) is 6.16 Å². The lowest BCUT2D eigenvalue weighted by molar-refractivity contribution is -0.130. The molecule has 3 saturated carbocycles. The molecule has 0 radical (unpaired) electrons. The molecule has 0 heterocycles. The van der Waals surface area contributed by atoms with E-state index in [2.05, 4.69) is 61.1 Å². The Kier molecular flexibility index (Phi) is 13.2. The molecule has 3 aliphatic rings. The van der Waals surface area contributed by atoms with Crippen LogP contribution in [0.3, 0.4) is 0 Å². The number of Topliss-reactive ketones (excluding diaryl/α,β-unsaturated/α-hetero) is 1. The van der Waals surface area contributed by atoms with Crippen LogP contribution in [-0.4, -0.2) is 11.9 Å². The summed E-state index contributed by atoms with van der Waals surface area (Å²) in [5.74, 6) is 3.58. The number of rotatable bonds is 11. The predicted octanol–water partition coefficient (Wildman–Crippen LogP) is 12.0. The Labute approximate surface area is 288 Å². The minimum absolute atomic E-state index is 0.327. The normalized spacial score (nSPS) is 27.1. The van der Waals surface area contributed by atoms with Crippen molar-refractivity contribution in [3.63, 3.8) is 0 Å². The van der Waals surface area contributed by atoms with Crippen LogP contribution in [0.1, 0.15) is 126 Å². The first kappa shape index (κ1) is 37.6. The molecule has 0 aromatic heterocycles. The molecule has 47 heavy (non-hydrogen) atoms. The van der Waals surface area contributed by atoms with E-state index in [-0.39, 0.29) is 0 Å². The van der Waals surface area contributed by atoms with Gasteiger partial charge in [0.15, 0.2) is 0 Å². The van der Waals surface area contributed by atoms with Crippen LogP contribution in [0.25, 0.3) is 0 Å². The Morgan fingerprint density at radius 1 is 0.957 bits per heavy atom. The topological polar surface area (TPSA) is 34.1 Å². The number of carbonyl (C=O) groups is 1. The van der Waals surface area contributed by atoms with E-state index in [0.717, 1.165) is 48.1 Å². The molecule has 0 spiro atoms. The minimum Gasteiger partial charge on any atom is -0.313 e. The lowest BCUT2D eigenvalue weighted by Crippen LogP contribution is -2.39. The number of allylic oxidation sites excluding steroid dienone is 3. The molecule has 0 N–H and O–H groups in total. The van der Waals surface area contributed by atoms with Crippen molar-refractivity contribution in [2.45, 2.75) is 126 Å². The number of ketones is 1. The first-order chi connectivity index (χ1) is 22.4. The zero-order chi connectivity index (χ0) is 34.2. The fourth-order valence-corrected chi connectivity index (χ4v) is 11.8. The Morgan fingerprint density at radius 2 is 1.51 bits per heavy atom. The molecule has 1 unspecified atom stereocenters. The molecule has 0 bridgehead atoms. The van der Waals surface area contributed by atoms with Crippen molar-refractivity contribution in [3.8, 4) is 0 Å². The standard InChI is InChI=1S/C23H27OP.C21H38O/c1-18-16-21(17-19(2)20(18)3)14-15-25(24,22-10-6-4-7-11-22)23-12-8-5-9-13-23;1-6-20(4,7-2)14-8-10-16(3)17-12-13-18-19(22)11-9-15-21(17,18)5/h4-14,18-19H,3,15-17H2,1-2H3;16-18H,6-15H2,1-5H3/t18-,19-;16-,17?,18-,21+/m10/s1. The van der Waals surface area contributed by atoms with Crippen LogP contribution in [0.15, 0.2) is 84.5 Å². The third-order valence-corrected chi connectivity index (χ3v) is 16.1. The van der Waals surface area contributed by atoms with E-state index in [1.54, 1.807) is 0 Å². The van der Waals surface area contributed by atoms with Gasteiger partial charge in [0.05, 0.1) is 0 Å². The first-order valence-corrected chi connectivity index (χ1v) is 20.9. The van der Waals surface area contributed by atoms with Gasteiger partial charge in [-0.3, -0.25) is 4.79 Å². The van der Waals surface area contributed by atoms with Gasteiger partial charge in [0.2, 0.25) is 0 Å². The number of hydrogen-bond acceptors (Lipinski definition) is 2. The number of fused-ring (bicyclic) bond motifs is 1. The van der Waals surface area contributed by atoms with Crippen LogP contribution >= 0.6 is 7.14 Å². The van der Waals surface area contributed by atoms with Crippen molar-refractivity contribution in [1.82, 2.24) is 0 Å². The summed E-state index contributed by atoms with van der Waals surface area (Å²) < 4.78 is 14.0. The molecule has 3 heteroatoms. The van der Waals surface area contributed by atoms with Gasteiger partial charge < -0.3 is 4.57 Å². The highest BCUT2D eigenvalue weighted by Crippen LogP contribution is 2.57. The minimum atomic E-state index is -2.64. The van der Waals surface area contributed by atoms with E-state index in [1.807, 2.05) is 60.7 Å².